The lowest BCUT2D eigenvalue weighted by Crippen LogP contribution is -2.11. The van der Waals surface area contributed by atoms with Crippen LogP contribution in [0.15, 0.2) is 48.5 Å². The van der Waals surface area contributed by atoms with Crippen molar-refractivity contribution in [2.75, 3.05) is 5.32 Å². The lowest BCUT2D eigenvalue weighted by molar-refractivity contribution is 0.102. The molecule has 1 N–H and O–H groups in total. The Morgan fingerprint density at radius 2 is 1.80 bits per heavy atom. The van der Waals surface area contributed by atoms with E-state index in [1.54, 1.807) is 16.6 Å². The summed E-state index contributed by atoms with van der Waals surface area (Å²) in [4.78, 5) is 12.7. The molecule has 0 radical (unpaired) electrons. The van der Waals surface area contributed by atoms with E-state index in [-0.39, 0.29) is 5.91 Å². The van der Waals surface area contributed by atoms with Crippen molar-refractivity contribution in [1.29, 1.82) is 0 Å². The molecule has 0 aliphatic heterocycles. The standard InChI is InChI=1S/C16H9ClFN5OS/c17-11-5-1-9(2-6-11)13-20-21-16-23(13)22-15(25-16)19-14(24)10-3-7-12(18)8-4-10/h1-8H,(H,19,22,24). The Morgan fingerprint density at radius 3 is 2.52 bits per heavy atom. The number of aromatic nitrogens is 4. The van der Waals surface area contributed by atoms with Crippen molar-refractivity contribution in [3.8, 4) is 11.4 Å². The van der Waals surface area contributed by atoms with E-state index in [4.69, 9.17) is 11.6 Å². The number of carbonyl (C=O) groups excluding carboxylic acids is 1. The van der Waals surface area contributed by atoms with Gasteiger partial charge in [-0.05, 0) is 48.5 Å². The smallest absolute Gasteiger partial charge is 0.257 e. The van der Waals surface area contributed by atoms with Gasteiger partial charge < -0.3 is 0 Å². The Labute approximate surface area is 149 Å². The number of hydrogen-bond donors (Lipinski definition) is 1. The van der Waals surface area contributed by atoms with Crippen LogP contribution >= 0.6 is 22.9 Å². The first-order valence-electron chi connectivity index (χ1n) is 7.15. The third-order valence-corrected chi connectivity index (χ3v) is 4.49. The fraction of sp³-hybridized carbons (Fsp3) is 0. The number of benzene rings is 2. The van der Waals surface area contributed by atoms with E-state index >= 15 is 0 Å². The van der Waals surface area contributed by atoms with Crippen LogP contribution in [0, 0.1) is 5.82 Å². The van der Waals surface area contributed by atoms with Crippen LogP contribution in [0.1, 0.15) is 10.4 Å². The van der Waals surface area contributed by atoms with E-state index < -0.39 is 5.82 Å². The summed E-state index contributed by atoms with van der Waals surface area (Å²) in [5.74, 6) is -0.230. The predicted molar refractivity (Wildman–Crippen MR) is 93.5 cm³/mol. The summed E-state index contributed by atoms with van der Waals surface area (Å²) >= 11 is 7.08. The van der Waals surface area contributed by atoms with E-state index in [0.717, 1.165) is 5.56 Å². The third-order valence-electron chi connectivity index (χ3n) is 3.42. The molecular weight excluding hydrogens is 365 g/mol. The van der Waals surface area contributed by atoms with Gasteiger partial charge in [0, 0.05) is 16.1 Å². The van der Waals surface area contributed by atoms with Crippen LogP contribution in [-0.2, 0) is 0 Å². The molecule has 2 heterocycles. The highest BCUT2D eigenvalue weighted by atomic mass is 35.5. The first-order valence-corrected chi connectivity index (χ1v) is 8.35. The molecule has 4 rings (SSSR count). The quantitative estimate of drug-likeness (QED) is 0.591. The molecule has 2 aromatic heterocycles. The first-order chi connectivity index (χ1) is 12.1. The van der Waals surface area contributed by atoms with E-state index in [9.17, 15) is 9.18 Å². The topological polar surface area (TPSA) is 72.2 Å². The number of fused-ring (bicyclic) bond motifs is 1. The minimum Gasteiger partial charge on any atom is -0.296 e. The average molecular weight is 374 g/mol. The second kappa shape index (κ2) is 6.23. The summed E-state index contributed by atoms with van der Waals surface area (Å²) in [7, 11) is 0. The Balaban J connectivity index is 1.62. The van der Waals surface area contributed by atoms with Crippen molar-refractivity contribution in [3.05, 3.63) is 64.9 Å². The number of anilines is 1. The molecule has 0 fully saturated rings. The molecule has 0 atom stereocenters. The minimum atomic E-state index is -0.400. The van der Waals surface area contributed by atoms with Gasteiger partial charge in [-0.15, -0.1) is 15.3 Å². The molecular formula is C16H9ClFN5OS. The molecule has 4 aromatic rings. The maximum Gasteiger partial charge on any atom is 0.257 e. The van der Waals surface area contributed by atoms with Crippen molar-refractivity contribution in [3.63, 3.8) is 0 Å². The number of nitrogens with one attached hydrogen (secondary N) is 1. The largest absolute Gasteiger partial charge is 0.296 e. The summed E-state index contributed by atoms with van der Waals surface area (Å²) in [5, 5.41) is 16.2. The number of rotatable bonds is 3. The molecule has 124 valence electrons. The number of halogens is 2. The molecule has 2 aromatic carbocycles. The molecule has 0 aliphatic carbocycles. The Morgan fingerprint density at radius 1 is 1.08 bits per heavy atom. The normalized spacial score (nSPS) is 11.0. The van der Waals surface area contributed by atoms with Crippen molar-refractivity contribution >= 4 is 38.9 Å². The van der Waals surface area contributed by atoms with Gasteiger partial charge >= 0.3 is 0 Å². The number of carbonyl (C=O) groups is 1. The van der Waals surface area contributed by atoms with Crippen LogP contribution in [0.25, 0.3) is 16.3 Å². The van der Waals surface area contributed by atoms with Crippen molar-refractivity contribution < 1.29 is 9.18 Å². The van der Waals surface area contributed by atoms with Crippen molar-refractivity contribution in [2.45, 2.75) is 0 Å². The summed E-state index contributed by atoms with van der Waals surface area (Å²) in [6.07, 6.45) is 0. The molecule has 25 heavy (non-hydrogen) atoms. The predicted octanol–water partition coefficient (Wildman–Crippen LogP) is 3.90. The zero-order chi connectivity index (χ0) is 17.4. The number of amides is 1. The highest BCUT2D eigenvalue weighted by Crippen LogP contribution is 2.25. The van der Waals surface area contributed by atoms with Crippen molar-refractivity contribution in [2.24, 2.45) is 0 Å². The second-order valence-corrected chi connectivity index (χ2v) is 6.49. The van der Waals surface area contributed by atoms with Gasteiger partial charge in [0.1, 0.15) is 5.82 Å². The van der Waals surface area contributed by atoms with E-state index in [1.807, 2.05) is 12.1 Å². The zero-order valence-electron chi connectivity index (χ0n) is 12.5. The van der Waals surface area contributed by atoms with Gasteiger partial charge in [-0.3, -0.25) is 10.1 Å². The Bertz CT molecular complexity index is 1060. The zero-order valence-corrected chi connectivity index (χ0v) is 14.1. The molecule has 0 saturated carbocycles. The molecule has 9 heteroatoms. The monoisotopic (exact) mass is 373 g/mol. The van der Waals surface area contributed by atoms with Gasteiger partial charge in [-0.1, -0.05) is 22.9 Å². The van der Waals surface area contributed by atoms with Gasteiger partial charge in [-0.2, -0.15) is 4.52 Å². The summed E-state index contributed by atoms with van der Waals surface area (Å²) < 4.78 is 14.5. The first kappa shape index (κ1) is 15.7. The van der Waals surface area contributed by atoms with Gasteiger partial charge in [0.25, 0.3) is 5.91 Å². The van der Waals surface area contributed by atoms with Crippen LogP contribution < -0.4 is 5.32 Å². The number of nitrogens with zero attached hydrogens (tertiary/aromatic N) is 4. The van der Waals surface area contributed by atoms with Crippen LogP contribution in [0.3, 0.4) is 0 Å². The van der Waals surface area contributed by atoms with E-state index in [1.165, 1.54) is 35.6 Å². The third kappa shape index (κ3) is 3.09. The fourth-order valence-corrected chi connectivity index (χ4v) is 3.08. The summed E-state index contributed by atoms with van der Waals surface area (Å²) in [6.45, 7) is 0. The minimum absolute atomic E-state index is 0.338. The van der Waals surface area contributed by atoms with Crippen LogP contribution in [0.4, 0.5) is 9.52 Å². The fourth-order valence-electron chi connectivity index (χ4n) is 2.22. The number of hydrogen-bond acceptors (Lipinski definition) is 5. The highest BCUT2D eigenvalue weighted by Gasteiger charge is 2.15. The molecule has 0 bridgehead atoms. The molecule has 0 spiro atoms. The van der Waals surface area contributed by atoms with Gasteiger partial charge in [0.2, 0.25) is 10.1 Å². The summed E-state index contributed by atoms with van der Waals surface area (Å²) in [6, 6.07) is 12.4. The second-order valence-electron chi connectivity index (χ2n) is 5.09. The van der Waals surface area contributed by atoms with Crippen LogP contribution in [0.5, 0.6) is 0 Å². The average Bonchev–Trinajstić information content (AvgIpc) is 3.16. The lowest BCUT2D eigenvalue weighted by atomic mass is 10.2. The highest BCUT2D eigenvalue weighted by molar-refractivity contribution is 7.20. The molecule has 0 saturated heterocycles. The van der Waals surface area contributed by atoms with Gasteiger partial charge in [0.15, 0.2) is 5.82 Å². The maximum absolute atomic E-state index is 12.9. The molecule has 6 nitrogen and oxygen atoms in total. The van der Waals surface area contributed by atoms with Crippen molar-refractivity contribution in [1.82, 2.24) is 19.8 Å². The molecule has 0 unspecified atom stereocenters. The maximum atomic E-state index is 12.9. The van der Waals surface area contributed by atoms with E-state index in [2.05, 4.69) is 20.6 Å². The molecule has 1 amide bonds. The lowest BCUT2D eigenvalue weighted by Gasteiger charge is -2.01. The Hall–Kier alpha value is -2.84. The van der Waals surface area contributed by atoms with Crippen LogP contribution in [-0.4, -0.2) is 25.7 Å². The van der Waals surface area contributed by atoms with Crippen LogP contribution in [0.2, 0.25) is 5.02 Å². The van der Waals surface area contributed by atoms with E-state index in [0.29, 0.717) is 26.5 Å². The SMILES string of the molecule is O=C(Nc1nn2c(-c3ccc(Cl)cc3)nnc2s1)c1ccc(F)cc1. The summed E-state index contributed by atoms with van der Waals surface area (Å²) in [5.41, 5.74) is 1.14. The van der Waals surface area contributed by atoms with Gasteiger partial charge in [0.05, 0.1) is 0 Å². The Kier molecular flexibility index (Phi) is 3.90. The van der Waals surface area contributed by atoms with Gasteiger partial charge in [-0.25, -0.2) is 4.39 Å². The molecule has 0 aliphatic rings.